The van der Waals surface area contributed by atoms with Gasteiger partial charge < -0.3 is 10.1 Å². The molecule has 0 aliphatic carbocycles. The van der Waals surface area contributed by atoms with E-state index >= 15 is 0 Å². The third-order valence-electron chi connectivity index (χ3n) is 3.86. The van der Waals surface area contributed by atoms with Crippen LogP contribution in [0.2, 0.25) is 0 Å². The summed E-state index contributed by atoms with van der Waals surface area (Å²) >= 11 is 0. The van der Waals surface area contributed by atoms with Gasteiger partial charge in [-0.3, -0.25) is 9.78 Å². The summed E-state index contributed by atoms with van der Waals surface area (Å²) in [5.41, 5.74) is 1.63. The fourth-order valence-corrected chi connectivity index (χ4v) is 2.66. The average Bonchev–Trinajstić information content (AvgIpc) is 2.61. The molecule has 4 nitrogen and oxygen atoms in total. The molecule has 1 amide bonds. The molecule has 26 heavy (non-hydrogen) atoms. The number of hydrogen-bond donors (Lipinski definition) is 1. The second-order valence-electron chi connectivity index (χ2n) is 6.02. The SMILES string of the molecule is CC(COc1ccc(F)cc1F)NC(=O)Cc1cccc2cccnc12. The van der Waals surface area contributed by atoms with Crippen molar-refractivity contribution in [2.24, 2.45) is 0 Å². The molecule has 0 bridgehead atoms. The van der Waals surface area contributed by atoms with Crippen LogP contribution in [-0.4, -0.2) is 23.5 Å². The van der Waals surface area contributed by atoms with E-state index in [0.29, 0.717) is 0 Å². The van der Waals surface area contributed by atoms with E-state index in [1.807, 2.05) is 30.3 Å². The summed E-state index contributed by atoms with van der Waals surface area (Å²) in [5, 5.41) is 3.78. The van der Waals surface area contributed by atoms with Crippen LogP contribution < -0.4 is 10.1 Å². The van der Waals surface area contributed by atoms with E-state index in [1.165, 1.54) is 6.07 Å². The summed E-state index contributed by atoms with van der Waals surface area (Å²) < 4.78 is 31.7. The van der Waals surface area contributed by atoms with E-state index in [1.54, 1.807) is 13.1 Å². The van der Waals surface area contributed by atoms with Gasteiger partial charge >= 0.3 is 0 Å². The molecule has 2 aromatic carbocycles. The van der Waals surface area contributed by atoms with Crippen molar-refractivity contribution in [2.75, 3.05) is 6.61 Å². The highest BCUT2D eigenvalue weighted by Crippen LogP contribution is 2.18. The van der Waals surface area contributed by atoms with Gasteiger partial charge in [-0.1, -0.05) is 24.3 Å². The molecular formula is C20H18F2N2O2. The van der Waals surface area contributed by atoms with Crippen LogP contribution in [0.3, 0.4) is 0 Å². The van der Waals surface area contributed by atoms with Crippen LogP contribution in [0.1, 0.15) is 12.5 Å². The Morgan fingerprint density at radius 3 is 2.81 bits per heavy atom. The Hall–Kier alpha value is -3.02. The molecule has 0 aliphatic heterocycles. The first-order chi connectivity index (χ1) is 12.5. The highest BCUT2D eigenvalue weighted by molar-refractivity contribution is 5.87. The highest BCUT2D eigenvalue weighted by atomic mass is 19.1. The minimum absolute atomic E-state index is 0.0502. The predicted octanol–water partition coefficient (Wildman–Crippen LogP) is 3.64. The zero-order valence-electron chi connectivity index (χ0n) is 14.2. The molecule has 134 valence electrons. The fourth-order valence-electron chi connectivity index (χ4n) is 2.66. The average molecular weight is 356 g/mol. The highest BCUT2D eigenvalue weighted by Gasteiger charge is 2.12. The number of amides is 1. The van der Waals surface area contributed by atoms with E-state index < -0.39 is 11.6 Å². The third kappa shape index (κ3) is 4.33. The number of nitrogens with zero attached hydrogens (tertiary/aromatic N) is 1. The van der Waals surface area contributed by atoms with Gasteiger partial charge in [0.1, 0.15) is 12.4 Å². The number of nitrogens with one attached hydrogen (secondary N) is 1. The number of ether oxygens (including phenoxy) is 1. The molecule has 0 fully saturated rings. The van der Waals surface area contributed by atoms with Crippen LogP contribution in [0.4, 0.5) is 8.78 Å². The molecule has 6 heteroatoms. The van der Waals surface area contributed by atoms with Gasteiger partial charge in [-0.05, 0) is 30.7 Å². The Morgan fingerprint density at radius 1 is 1.19 bits per heavy atom. The van der Waals surface area contributed by atoms with Crippen LogP contribution in [0.15, 0.2) is 54.7 Å². The molecule has 3 aromatic rings. The molecule has 1 N–H and O–H groups in total. The molecule has 0 saturated heterocycles. The maximum atomic E-state index is 13.5. The summed E-state index contributed by atoms with van der Waals surface area (Å²) in [6.45, 7) is 1.82. The maximum absolute atomic E-state index is 13.5. The van der Waals surface area contributed by atoms with Crippen molar-refractivity contribution in [3.63, 3.8) is 0 Å². The molecule has 1 heterocycles. The second kappa shape index (κ2) is 7.91. The van der Waals surface area contributed by atoms with Gasteiger partial charge in [0.25, 0.3) is 0 Å². The number of halogens is 2. The summed E-state index contributed by atoms with van der Waals surface area (Å²) in [6, 6.07) is 12.2. The van der Waals surface area contributed by atoms with E-state index in [-0.39, 0.29) is 30.7 Å². The van der Waals surface area contributed by atoms with Crippen LogP contribution in [0.25, 0.3) is 10.9 Å². The van der Waals surface area contributed by atoms with E-state index in [0.717, 1.165) is 28.6 Å². The maximum Gasteiger partial charge on any atom is 0.224 e. The van der Waals surface area contributed by atoms with Gasteiger partial charge in [-0.25, -0.2) is 8.78 Å². The summed E-state index contributed by atoms with van der Waals surface area (Å²) in [7, 11) is 0. The third-order valence-corrected chi connectivity index (χ3v) is 3.86. The Labute approximate surface area is 149 Å². The largest absolute Gasteiger partial charge is 0.488 e. The minimum atomic E-state index is -0.773. The normalized spacial score (nSPS) is 12.0. The van der Waals surface area contributed by atoms with E-state index in [4.69, 9.17) is 4.74 Å². The zero-order valence-corrected chi connectivity index (χ0v) is 14.2. The predicted molar refractivity (Wildman–Crippen MR) is 94.9 cm³/mol. The molecular weight excluding hydrogens is 338 g/mol. The van der Waals surface area contributed by atoms with E-state index in [2.05, 4.69) is 10.3 Å². The van der Waals surface area contributed by atoms with Gasteiger partial charge in [0, 0.05) is 17.6 Å². The van der Waals surface area contributed by atoms with Crippen molar-refractivity contribution in [3.8, 4) is 5.75 Å². The number of rotatable bonds is 6. The first kappa shape index (κ1) is 17.8. The number of aromatic nitrogens is 1. The Balaban J connectivity index is 1.57. The van der Waals surface area contributed by atoms with Crippen molar-refractivity contribution in [1.29, 1.82) is 0 Å². The van der Waals surface area contributed by atoms with Crippen molar-refractivity contribution >= 4 is 16.8 Å². The second-order valence-corrected chi connectivity index (χ2v) is 6.02. The van der Waals surface area contributed by atoms with Crippen LogP contribution >= 0.6 is 0 Å². The lowest BCUT2D eigenvalue weighted by atomic mass is 10.1. The molecule has 0 radical (unpaired) electrons. The molecule has 0 aliphatic rings. The Kier molecular flexibility index (Phi) is 5.41. The molecule has 3 rings (SSSR count). The minimum Gasteiger partial charge on any atom is -0.488 e. The summed E-state index contributed by atoms with van der Waals surface area (Å²) in [6.07, 6.45) is 1.88. The fraction of sp³-hybridized carbons (Fsp3) is 0.200. The lowest BCUT2D eigenvalue weighted by molar-refractivity contribution is -0.121. The van der Waals surface area contributed by atoms with E-state index in [9.17, 15) is 13.6 Å². The van der Waals surface area contributed by atoms with Crippen molar-refractivity contribution in [2.45, 2.75) is 19.4 Å². The number of hydrogen-bond acceptors (Lipinski definition) is 3. The Bertz CT molecular complexity index is 925. The number of carbonyl (C=O) groups excluding carboxylic acids is 1. The lowest BCUT2D eigenvalue weighted by Gasteiger charge is -2.15. The topological polar surface area (TPSA) is 51.2 Å². The standard InChI is InChI=1S/C20H18F2N2O2/c1-13(12-26-18-8-7-16(21)11-17(18)22)24-19(25)10-15-5-2-4-14-6-3-9-23-20(14)15/h2-9,11,13H,10,12H2,1H3,(H,24,25). The summed E-state index contributed by atoms with van der Waals surface area (Å²) in [4.78, 5) is 16.6. The van der Waals surface area contributed by atoms with Crippen LogP contribution in [0.5, 0.6) is 5.75 Å². The number of carbonyl (C=O) groups is 1. The van der Waals surface area contributed by atoms with Gasteiger partial charge in [0.15, 0.2) is 11.6 Å². The molecule has 1 aromatic heterocycles. The summed E-state index contributed by atoms with van der Waals surface area (Å²) in [5.74, 6) is -1.67. The van der Waals surface area contributed by atoms with Crippen molar-refractivity contribution in [1.82, 2.24) is 10.3 Å². The van der Waals surface area contributed by atoms with Gasteiger partial charge in [0.05, 0.1) is 18.0 Å². The lowest BCUT2D eigenvalue weighted by Crippen LogP contribution is -2.37. The smallest absolute Gasteiger partial charge is 0.224 e. The van der Waals surface area contributed by atoms with Crippen molar-refractivity contribution in [3.05, 3.63) is 71.9 Å². The molecule has 1 unspecified atom stereocenters. The monoisotopic (exact) mass is 356 g/mol. The van der Waals surface area contributed by atoms with Crippen LogP contribution in [-0.2, 0) is 11.2 Å². The molecule has 0 spiro atoms. The van der Waals surface area contributed by atoms with Gasteiger partial charge in [-0.2, -0.15) is 0 Å². The van der Waals surface area contributed by atoms with Gasteiger partial charge in [0.2, 0.25) is 5.91 Å². The zero-order chi connectivity index (χ0) is 18.5. The van der Waals surface area contributed by atoms with Crippen LogP contribution in [0, 0.1) is 11.6 Å². The number of fused-ring (bicyclic) bond motifs is 1. The van der Waals surface area contributed by atoms with Gasteiger partial charge in [-0.15, -0.1) is 0 Å². The quantitative estimate of drug-likeness (QED) is 0.734. The Morgan fingerprint density at radius 2 is 2.00 bits per heavy atom. The number of benzene rings is 2. The first-order valence-electron chi connectivity index (χ1n) is 8.23. The number of pyridine rings is 1. The number of para-hydroxylation sites is 1. The molecule has 0 saturated carbocycles. The first-order valence-corrected chi connectivity index (χ1v) is 8.23. The van der Waals surface area contributed by atoms with Crippen molar-refractivity contribution < 1.29 is 18.3 Å². The molecule has 1 atom stereocenters.